The monoisotopic (exact) mass is 339 g/mol. The first-order valence-electron chi connectivity index (χ1n) is 7.70. The Morgan fingerprint density at radius 2 is 2.13 bits per heavy atom. The summed E-state index contributed by atoms with van der Waals surface area (Å²) in [5.74, 6) is -1.21. The fraction of sp³-hybridized carbons (Fsp3) is 0.529. The summed E-state index contributed by atoms with van der Waals surface area (Å²) in [4.78, 5) is 25.4. The zero-order valence-electron chi connectivity index (χ0n) is 13.4. The lowest BCUT2D eigenvalue weighted by atomic mass is 9.99. The SMILES string of the molecule is COC1CC(CC(=O)O)N(C(=O)C(C)Cc2ccccc2Cl)C1. The zero-order chi connectivity index (χ0) is 17.0. The molecule has 1 fully saturated rings. The highest BCUT2D eigenvalue weighted by Gasteiger charge is 2.38. The molecule has 1 aliphatic rings. The van der Waals surface area contributed by atoms with Crippen LogP contribution in [0.25, 0.3) is 0 Å². The van der Waals surface area contributed by atoms with Crippen molar-refractivity contribution < 1.29 is 19.4 Å². The predicted molar refractivity (Wildman–Crippen MR) is 87.5 cm³/mol. The second-order valence-corrected chi connectivity index (χ2v) is 6.44. The molecule has 0 spiro atoms. The third kappa shape index (κ3) is 4.45. The number of rotatable bonds is 6. The molecule has 0 radical (unpaired) electrons. The number of hydrogen-bond donors (Lipinski definition) is 1. The lowest BCUT2D eigenvalue weighted by Crippen LogP contribution is -2.41. The first-order valence-corrected chi connectivity index (χ1v) is 8.08. The molecule has 1 N–H and O–H groups in total. The van der Waals surface area contributed by atoms with Crippen LogP contribution in [-0.4, -0.2) is 47.7 Å². The van der Waals surface area contributed by atoms with Gasteiger partial charge in [-0.15, -0.1) is 0 Å². The average molecular weight is 340 g/mol. The summed E-state index contributed by atoms with van der Waals surface area (Å²) in [7, 11) is 1.59. The number of aliphatic carboxylic acids is 1. The van der Waals surface area contributed by atoms with Gasteiger partial charge in [-0.25, -0.2) is 0 Å². The van der Waals surface area contributed by atoms with Crippen LogP contribution in [0.5, 0.6) is 0 Å². The fourth-order valence-corrected chi connectivity index (χ4v) is 3.29. The van der Waals surface area contributed by atoms with Gasteiger partial charge in [0, 0.05) is 30.6 Å². The van der Waals surface area contributed by atoms with Gasteiger partial charge in [-0.2, -0.15) is 0 Å². The normalized spacial score (nSPS) is 22.1. The summed E-state index contributed by atoms with van der Waals surface area (Å²) in [5.41, 5.74) is 0.923. The fourth-order valence-electron chi connectivity index (χ4n) is 3.07. The average Bonchev–Trinajstić information content (AvgIpc) is 2.91. The minimum absolute atomic E-state index is 0.0456. The number of carboxylic acids is 1. The van der Waals surface area contributed by atoms with E-state index in [-0.39, 0.29) is 30.4 Å². The zero-order valence-corrected chi connectivity index (χ0v) is 14.1. The molecule has 23 heavy (non-hydrogen) atoms. The molecular weight excluding hydrogens is 318 g/mol. The van der Waals surface area contributed by atoms with Crippen molar-refractivity contribution in [2.75, 3.05) is 13.7 Å². The Balaban J connectivity index is 2.07. The molecule has 1 heterocycles. The van der Waals surface area contributed by atoms with Crippen molar-refractivity contribution in [3.05, 3.63) is 34.9 Å². The van der Waals surface area contributed by atoms with E-state index in [0.29, 0.717) is 24.4 Å². The van der Waals surface area contributed by atoms with Gasteiger partial charge in [0.05, 0.1) is 12.5 Å². The van der Waals surface area contributed by atoms with Crippen LogP contribution in [0.4, 0.5) is 0 Å². The summed E-state index contributed by atoms with van der Waals surface area (Å²) in [5, 5.41) is 9.69. The third-order valence-electron chi connectivity index (χ3n) is 4.31. The van der Waals surface area contributed by atoms with Crippen molar-refractivity contribution in [3.63, 3.8) is 0 Å². The number of carbonyl (C=O) groups is 2. The van der Waals surface area contributed by atoms with Crippen LogP contribution in [0, 0.1) is 5.92 Å². The van der Waals surface area contributed by atoms with E-state index in [1.165, 1.54) is 0 Å². The number of amides is 1. The van der Waals surface area contributed by atoms with Crippen molar-refractivity contribution in [2.24, 2.45) is 5.92 Å². The molecular formula is C17H22ClNO4. The van der Waals surface area contributed by atoms with Crippen LogP contribution in [0.1, 0.15) is 25.3 Å². The Hall–Kier alpha value is -1.59. The van der Waals surface area contributed by atoms with E-state index in [4.69, 9.17) is 21.4 Å². The molecule has 1 aromatic carbocycles. The largest absolute Gasteiger partial charge is 0.481 e. The standard InChI is InChI=1S/C17H22ClNO4/c1-11(7-12-5-3-4-6-15(12)18)17(22)19-10-14(23-2)8-13(19)9-16(20)21/h3-6,11,13-14H,7-10H2,1-2H3,(H,20,21). The summed E-state index contributed by atoms with van der Waals surface area (Å²) in [6.45, 7) is 2.30. The molecule has 3 unspecified atom stereocenters. The number of benzene rings is 1. The molecule has 5 nitrogen and oxygen atoms in total. The molecule has 0 saturated carbocycles. The predicted octanol–water partition coefficient (Wildman–Crippen LogP) is 2.61. The van der Waals surface area contributed by atoms with Gasteiger partial charge in [0.25, 0.3) is 0 Å². The summed E-state index contributed by atoms with van der Waals surface area (Å²) in [6, 6.07) is 7.15. The summed E-state index contributed by atoms with van der Waals surface area (Å²) >= 11 is 6.15. The molecule has 0 aromatic heterocycles. The van der Waals surface area contributed by atoms with Gasteiger partial charge < -0.3 is 14.7 Å². The van der Waals surface area contributed by atoms with Crippen LogP contribution in [-0.2, 0) is 20.7 Å². The van der Waals surface area contributed by atoms with E-state index in [1.54, 1.807) is 18.1 Å². The van der Waals surface area contributed by atoms with E-state index < -0.39 is 5.97 Å². The molecule has 1 aliphatic heterocycles. The van der Waals surface area contributed by atoms with Gasteiger partial charge in [0.1, 0.15) is 0 Å². The van der Waals surface area contributed by atoms with Crippen molar-refractivity contribution in [1.82, 2.24) is 4.90 Å². The highest BCUT2D eigenvalue weighted by atomic mass is 35.5. The number of nitrogens with zero attached hydrogens (tertiary/aromatic N) is 1. The molecule has 2 rings (SSSR count). The number of likely N-dealkylation sites (tertiary alicyclic amines) is 1. The lowest BCUT2D eigenvalue weighted by Gasteiger charge is -2.26. The first kappa shape index (κ1) is 17.8. The van der Waals surface area contributed by atoms with Crippen LogP contribution in [0.15, 0.2) is 24.3 Å². The highest BCUT2D eigenvalue weighted by Crippen LogP contribution is 2.26. The number of methoxy groups -OCH3 is 1. The van der Waals surface area contributed by atoms with Crippen molar-refractivity contribution in [1.29, 1.82) is 0 Å². The maximum absolute atomic E-state index is 12.7. The van der Waals surface area contributed by atoms with E-state index in [9.17, 15) is 9.59 Å². The van der Waals surface area contributed by atoms with E-state index >= 15 is 0 Å². The van der Waals surface area contributed by atoms with Gasteiger partial charge in [0.15, 0.2) is 0 Å². The van der Waals surface area contributed by atoms with E-state index in [2.05, 4.69) is 0 Å². The quantitative estimate of drug-likeness (QED) is 0.865. The van der Waals surface area contributed by atoms with Crippen molar-refractivity contribution in [2.45, 2.75) is 38.3 Å². The van der Waals surface area contributed by atoms with Crippen LogP contribution < -0.4 is 0 Å². The number of hydrogen-bond acceptors (Lipinski definition) is 3. The Kier molecular flexibility index (Phi) is 6.02. The summed E-state index contributed by atoms with van der Waals surface area (Å²) in [6.07, 6.45) is 0.945. The molecule has 6 heteroatoms. The van der Waals surface area contributed by atoms with Gasteiger partial charge >= 0.3 is 5.97 Å². The minimum atomic E-state index is -0.900. The van der Waals surface area contributed by atoms with Gasteiger partial charge in [-0.1, -0.05) is 36.7 Å². The maximum atomic E-state index is 12.7. The second-order valence-electron chi connectivity index (χ2n) is 6.03. The Morgan fingerprint density at radius 3 is 2.74 bits per heavy atom. The van der Waals surface area contributed by atoms with E-state index in [0.717, 1.165) is 5.56 Å². The first-order chi connectivity index (χ1) is 10.9. The van der Waals surface area contributed by atoms with Gasteiger partial charge in [-0.3, -0.25) is 9.59 Å². The molecule has 1 amide bonds. The van der Waals surface area contributed by atoms with Crippen LogP contribution >= 0.6 is 11.6 Å². The molecule has 1 aromatic rings. The molecule has 126 valence electrons. The second kappa shape index (κ2) is 7.79. The Morgan fingerprint density at radius 1 is 1.43 bits per heavy atom. The Bertz CT molecular complexity index is 577. The topological polar surface area (TPSA) is 66.8 Å². The van der Waals surface area contributed by atoms with Gasteiger partial charge in [-0.05, 0) is 24.5 Å². The maximum Gasteiger partial charge on any atom is 0.305 e. The minimum Gasteiger partial charge on any atom is -0.481 e. The van der Waals surface area contributed by atoms with Crippen molar-refractivity contribution >= 4 is 23.5 Å². The van der Waals surface area contributed by atoms with Gasteiger partial charge in [0.2, 0.25) is 5.91 Å². The Labute approximate surface area is 141 Å². The lowest BCUT2D eigenvalue weighted by molar-refractivity contribution is -0.141. The number of ether oxygens (including phenoxy) is 1. The number of carbonyl (C=O) groups excluding carboxylic acids is 1. The molecule has 0 bridgehead atoms. The molecule has 3 atom stereocenters. The number of halogens is 1. The van der Waals surface area contributed by atoms with Crippen LogP contribution in [0.3, 0.4) is 0 Å². The molecule has 1 saturated heterocycles. The highest BCUT2D eigenvalue weighted by molar-refractivity contribution is 6.31. The third-order valence-corrected chi connectivity index (χ3v) is 4.68. The summed E-state index contributed by atoms with van der Waals surface area (Å²) < 4.78 is 5.31. The smallest absolute Gasteiger partial charge is 0.305 e. The van der Waals surface area contributed by atoms with Crippen molar-refractivity contribution in [3.8, 4) is 0 Å². The van der Waals surface area contributed by atoms with E-state index in [1.807, 2.05) is 25.1 Å². The number of carboxylic acid groups (broad SMARTS) is 1. The van der Waals surface area contributed by atoms with Crippen LogP contribution in [0.2, 0.25) is 5.02 Å². The molecule has 0 aliphatic carbocycles.